The van der Waals surface area contributed by atoms with Crippen molar-refractivity contribution in [1.29, 1.82) is 0 Å². The van der Waals surface area contributed by atoms with E-state index in [1.807, 2.05) is 6.92 Å². The highest BCUT2D eigenvalue weighted by molar-refractivity contribution is 5.86. The molecule has 2 atom stereocenters. The number of carboxylic acids is 1. The zero-order chi connectivity index (χ0) is 12.4. The highest BCUT2D eigenvalue weighted by Gasteiger charge is 2.41. The van der Waals surface area contributed by atoms with Gasteiger partial charge in [0.15, 0.2) is 0 Å². The van der Waals surface area contributed by atoms with E-state index in [0.717, 1.165) is 32.1 Å². The summed E-state index contributed by atoms with van der Waals surface area (Å²) >= 11 is 0. The molecule has 0 aromatic heterocycles. The van der Waals surface area contributed by atoms with Gasteiger partial charge in [0.2, 0.25) is 5.91 Å². The lowest BCUT2D eigenvalue weighted by molar-refractivity contribution is -0.151. The average molecular weight is 239 g/mol. The molecule has 0 aromatic rings. The van der Waals surface area contributed by atoms with Gasteiger partial charge >= 0.3 is 5.97 Å². The van der Waals surface area contributed by atoms with E-state index in [1.165, 1.54) is 6.42 Å². The normalized spacial score (nSPS) is 30.5. The van der Waals surface area contributed by atoms with Gasteiger partial charge in [-0.15, -0.1) is 0 Å². The molecule has 1 saturated carbocycles. The first-order valence-electron chi connectivity index (χ1n) is 6.64. The molecule has 96 valence electrons. The van der Waals surface area contributed by atoms with E-state index >= 15 is 0 Å². The Bertz CT molecular complexity index is 310. The first kappa shape index (κ1) is 12.4. The Balaban J connectivity index is 2.05. The van der Waals surface area contributed by atoms with Gasteiger partial charge in [0, 0.05) is 12.5 Å². The van der Waals surface area contributed by atoms with Gasteiger partial charge in [-0.25, -0.2) is 4.79 Å². The van der Waals surface area contributed by atoms with Crippen molar-refractivity contribution in [2.75, 3.05) is 6.54 Å². The lowest BCUT2D eigenvalue weighted by Gasteiger charge is -2.29. The highest BCUT2D eigenvalue weighted by atomic mass is 16.4. The minimum absolute atomic E-state index is 0.0795. The predicted octanol–water partition coefficient (Wildman–Crippen LogP) is 1.89. The van der Waals surface area contributed by atoms with Crippen LogP contribution >= 0.6 is 0 Å². The Hall–Kier alpha value is -1.06. The monoisotopic (exact) mass is 239 g/mol. The maximum absolute atomic E-state index is 12.3. The highest BCUT2D eigenvalue weighted by Crippen LogP contribution is 2.30. The van der Waals surface area contributed by atoms with Crippen molar-refractivity contribution in [2.45, 2.75) is 51.5 Å². The average Bonchev–Trinajstić information content (AvgIpc) is 2.71. The molecule has 4 heteroatoms. The van der Waals surface area contributed by atoms with Crippen molar-refractivity contribution < 1.29 is 14.7 Å². The molecule has 0 spiro atoms. The fourth-order valence-electron chi connectivity index (χ4n) is 3.15. The van der Waals surface area contributed by atoms with Gasteiger partial charge in [-0.1, -0.05) is 26.2 Å². The molecule has 1 amide bonds. The van der Waals surface area contributed by atoms with Crippen LogP contribution in [0.25, 0.3) is 0 Å². The third-order valence-corrected chi connectivity index (χ3v) is 4.19. The summed E-state index contributed by atoms with van der Waals surface area (Å²) in [6, 6.07) is -0.593. The maximum Gasteiger partial charge on any atom is 0.326 e. The van der Waals surface area contributed by atoms with Crippen LogP contribution in [0, 0.1) is 11.8 Å². The molecule has 1 aliphatic heterocycles. The number of carbonyl (C=O) groups excluding carboxylic acids is 1. The van der Waals surface area contributed by atoms with E-state index in [2.05, 4.69) is 0 Å². The lowest BCUT2D eigenvalue weighted by Crippen LogP contribution is -2.45. The van der Waals surface area contributed by atoms with Crippen LogP contribution in [0.5, 0.6) is 0 Å². The number of carbonyl (C=O) groups is 2. The van der Waals surface area contributed by atoms with Crippen LogP contribution in [0.3, 0.4) is 0 Å². The van der Waals surface area contributed by atoms with E-state index in [1.54, 1.807) is 4.90 Å². The Labute approximate surface area is 102 Å². The predicted molar refractivity (Wildman–Crippen MR) is 63.5 cm³/mol. The lowest BCUT2D eigenvalue weighted by atomic mass is 9.88. The molecular formula is C13H21NO3. The molecule has 1 saturated heterocycles. The third-order valence-electron chi connectivity index (χ3n) is 4.19. The SMILES string of the molecule is CC1CCN(C(=O)C2CCCCC2)C1C(=O)O. The molecule has 0 radical (unpaired) electrons. The van der Waals surface area contributed by atoms with Gasteiger partial charge in [-0.2, -0.15) is 0 Å². The van der Waals surface area contributed by atoms with Gasteiger partial charge < -0.3 is 10.0 Å². The second-order valence-corrected chi connectivity index (χ2v) is 5.42. The van der Waals surface area contributed by atoms with Crippen molar-refractivity contribution in [2.24, 2.45) is 11.8 Å². The standard InChI is InChI=1S/C13H21NO3/c1-9-7-8-14(11(9)13(16)17)12(15)10-5-3-2-4-6-10/h9-11H,2-8H2,1H3,(H,16,17). The number of hydrogen-bond acceptors (Lipinski definition) is 2. The largest absolute Gasteiger partial charge is 0.480 e. The van der Waals surface area contributed by atoms with Crippen molar-refractivity contribution in [3.8, 4) is 0 Å². The molecule has 4 nitrogen and oxygen atoms in total. The molecule has 2 aliphatic rings. The summed E-state index contributed by atoms with van der Waals surface area (Å²) in [5, 5.41) is 9.21. The van der Waals surface area contributed by atoms with E-state index < -0.39 is 12.0 Å². The van der Waals surface area contributed by atoms with E-state index in [4.69, 9.17) is 0 Å². The van der Waals surface area contributed by atoms with Crippen molar-refractivity contribution in [3.63, 3.8) is 0 Å². The number of amides is 1. The number of carboxylic acid groups (broad SMARTS) is 1. The zero-order valence-corrected chi connectivity index (χ0v) is 10.4. The van der Waals surface area contributed by atoms with Gasteiger partial charge in [0.05, 0.1) is 0 Å². The number of likely N-dealkylation sites (tertiary alicyclic amines) is 1. The zero-order valence-electron chi connectivity index (χ0n) is 10.4. The molecular weight excluding hydrogens is 218 g/mol. The summed E-state index contributed by atoms with van der Waals surface area (Å²) in [5.74, 6) is -0.600. The van der Waals surface area contributed by atoms with Gasteiger partial charge in [0.1, 0.15) is 6.04 Å². The van der Waals surface area contributed by atoms with Crippen LogP contribution in [-0.4, -0.2) is 34.5 Å². The number of aliphatic carboxylic acids is 1. The summed E-state index contributed by atoms with van der Waals surface area (Å²) in [5.41, 5.74) is 0. The Morgan fingerprint density at radius 2 is 1.76 bits per heavy atom. The number of hydrogen-bond donors (Lipinski definition) is 1. The molecule has 1 N–H and O–H groups in total. The summed E-state index contributed by atoms with van der Waals surface area (Å²) in [6.07, 6.45) is 6.12. The molecule has 2 rings (SSSR count). The second kappa shape index (κ2) is 5.07. The minimum atomic E-state index is -0.848. The first-order chi connectivity index (χ1) is 8.11. The molecule has 2 fully saturated rings. The number of rotatable bonds is 2. The van der Waals surface area contributed by atoms with Gasteiger partial charge in [0.25, 0.3) is 0 Å². The quantitative estimate of drug-likeness (QED) is 0.800. The van der Waals surface area contributed by atoms with E-state index in [-0.39, 0.29) is 17.7 Å². The molecule has 17 heavy (non-hydrogen) atoms. The molecule has 0 bridgehead atoms. The first-order valence-corrected chi connectivity index (χ1v) is 6.64. The van der Waals surface area contributed by atoms with Crippen molar-refractivity contribution >= 4 is 11.9 Å². The topological polar surface area (TPSA) is 57.6 Å². The van der Waals surface area contributed by atoms with Crippen LogP contribution in [0.1, 0.15) is 45.4 Å². The van der Waals surface area contributed by atoms with Gasteiger partial charge in [-0.05, 0) is 25.2 Å². The summed E-state index contributed by atoms with van der Waals surface area (Å²) in [6.45, 7) is 2.54. The van der Waals surface area contributed by atoms with Crippen molar-refractivity contribution in [1.82, 2.24) is 4.90 Å². The van der Waals surface area contributed by atoms with E-state index in [0.29, 0.717) is 6.54 Å². The van der Waals surface area contributed by atoms with Crippen molar-refractivity contribution in [3.05, 3.63) is 0 Å². The minimum Gasteiger partial charge on any atom is -0.480 e. The fourth-order valence-corrected chi connectivity index (χ4v) is 3.15. The summed E-state index contributed by atoms with van der Waals surface area (Å²) < 4.78 is 0. The van der Waals surface area contributed by atoms with E-state index in [9.17, 15) is 14.7 Å². The van der Waals surface area contributed by atoms with Crippen LogP contribution in [-0.2, 0) is 9.59 Å². The molecule has 2 unspecified atom stereocenters. The Morgan fingerprint density at radius 1 is 1.12 bits per heavy atom. The molecule has 1 heterocycles. The van der Waals surface area contributed by atoms with Crippen LogP contribution in [0.4, 0.5) is 0 Å². The van der Waals surface area contributed by atoms with Crippen LogP contribution in [0.15, 0.2) is 0 Å². The smallest absolute Gasteiger partial charge is 0.326 e. The Morgan fingerprint density at radius 3 is 2.35 bits per heavy atom. The molecule has 1 aliphatic carbocycles. The number of nitrogens with zero attached hydrogens (tertiary/aromatic N) is 1. The summed E-state index contributed by atoms with van der Waals surface area (Å²) in [4.78, 5) is 25.2. The third kappa shape index (κ3) is 2.45. The molecule has 0 aromatic carbocycles. The summed E-state index contributed by atoms with van der Waals surface area (Å²) in [7, 11) is 0. The van der Waals surface area contributed by atoms with Crippen LogP contribution < -0.4 is 0 Å². The second-order valence-electron chi connectivity index (χ2n) is 5.42. The Kier molecular flexibility index (Phi) is 3.69. The van der Waals surface area contributed by atoms with Gasteiger partial charge in [-0.3, -0.25) is 4.79 Å². The fraction of sp³-hybridized carbons (Fsp3) is 0.846. The maximum atomic E-state index is 12.3. The van der Waals surface area contributed by atoms with Crippen LogP contribution in [0.2, 0.25) is 0 Å².